The molecule has 1 N–H and O–H groups in total. The maximum absolute atomic E-state index is 11.4. The summed E-state index contributed by atoms with van der Waals surface area (Å²) in [5.74, 6) is 0.524. The maximum atomic E-state index is 11.4. The van der Waals surface area contributed by atoms with Gasteiger partial charge in [-0.2, -0.15) is 0 Å². The number of esters is 1. The minimum Gasteiger partial charge on any atom is -0.469 e. The first-order chi connectivity index (χ1) is 8.58. The predicted octanol–water partition coefficient (Wildman–Crippen LogP) is 2.98. The Balaban J connectivity index is 2.61. The van der Waals surface area contributed by atoms with Crippen molar-refractivity contribution in [2.45, 2.75) is 38.4 Å². The van der Waals surface area contributed by atoms with Gasteiger partial charge < -0.3 is 4.74 Å². The molecule has 1 aliphatic carbocycles. The Hall–Kier alpha value is -0.560. The lowest BCUT2D eigenvalue weighted by atomic mass is 9.80. The fraction of sp³-hybridized carbons (Fsp3) is 0.750. The average molecular weight is 276 g/mol. The molecule has 0 fully saturated rings. The highest BCUT2D eigenvalue weighted by atomic mass is 32.2. The van der Waals surface area contributed by atoms with Crippen molar-refractivity contribution in [1.82, 2.24) is 0 Å². The summed E-state index contributed by atoms with van der Waals surface area (Å²) in [6.07, 6.45) is 4.34. The Morgan fingerprint density at radius 1 is 1.67 bits per heavy atom. The molecule has 3 unspecified atom stereocenters. The van der Waals surface area contributed by atoms with Gasteiger partial charge in [0.25, 0.3) is 0 Å². The number of hydrogen-bond donors (Lipinski definition) is 1. The summed E-state index contributed by atoms with van der Waals surface area (Å²) >= 11 is 0.973. The van der Waals surface area contributed by atoms with Gasteiger partial charge in [-0.3, -0.25) is 4.79 Å². The van der Waals surface area contributed by atoms with Crippen LogP contribution < -0.4 is 0 Å². The maximum Gasteiger partial charge on any atom is 0.306 e. The van der Waals surface area contributed by atoms with E-state index in [1.165, 1.54) is 12.7 Å². The molecule has 0 aliphatic heterocycles. The minimum absolute atomic E-state index is 0.0867. The van der Waals surface area contributed by atoms with Crippen molar-refractivity contribution in [2.75, 3.05) is 7.11 Å². The topological polar surface area (TPSA) is 65.0 Å². The fourth-order valence-corrected chi connectivity index (χ4v) is 2.89. The standard InChI is InChI=1S/C12H20O5S/c1-8-4-5-10(6-9(8)2)11(18-17-16-14)7-12(13)15-3/h4,9-11,14H,5-7H2,1-3H3. The van der Waals surface area contributed by atoms with E-state index in [9.17, 15) is 4.79 Å². The van der Waals surface area contributed by atoms with Crippen molar-refractivity contribution in [3.63, 3.8) is 0 Å². The molecule has 1 rings (SSSR count). The molecular weight excluding hydrogens is 256 g/mol. The van der Waals surface area contributed by atoms with Crippen LogP contribution in [-0.4, -0.2) is 23.6 Å². The van der Waals surface area contributed by atoms with Gasteiger partial charge in [0.15, 0.2) is 0 Å². The molecule has 0 heterocycles. The Morgan fingerprint density at radius 2 is 2.39 bits per heavy atom. The van der Waals surface area contributed by atoms with Crippen LogP contribution in [0.4, 0.5) is 0 Å². The van der Waals surface area contributed by atoms with Crippen molar-refractivity contribution < 1.29 is 24.2 Å². The summed E-state index contributed by atoms with van der Waals surface area (Å²) in [5.41, 5.74) is 1.38. The zero-order valence-electron chi connectivity index (χ0n) is 10.9. The Bertz CT molecular complexity index is 305. The number of rotatable bonds is 6. The summed E-state index contributed by atoms with van der Waals surface area (Å²) in [6, 6.07) is 0. The van der Waals surface area contributed by atoms with E-state index in [-0.39, 0.29) is 17.6 Å². The van der Waals surface area contributed by atoms with Crippen LogP contribution in [0.5, 0.6) is 0 Å². The van der Waals surface area contributed by atoms with Gasteiger partial charge in [-0.15, -0.1) is 4.33 Å². The third-order valence-electron chi connectivity index (χ3n) is 3.49. The van der Waals surface area contributed by atoms with E-state index < -0.39 is 0 Å². The number of carbonyl (C=O) groups is 1. The first kappa shape index (κ1) is 15.5. The van der Waals surface area contributed by atoms with Crippen molar-refractivity contribution in [2.24, 2.45) is 11.8 Å². The van der Waals surface area contributed by atoms with Crippen molar-refractivity contribution in [1.29, 1.82) is 0 Å². The van der Waals surface area contributed by atoms with E-state index >= 15 is 0 Å². The smallest absolute Gasteiger partial charge is 0.306 e. The zero-order valence-corrected chi connectivity index (χ0v) is 11.7. The van der Waals surface area contributed by atoms with Gasteiger partial charge in [0.05, 0.1) is 13.5 Å². The molecular formula is C12H20O5S. The molecule has 0 aromatic heterocycles. The van der Waals surface area contributed by atoms with Crippen LogP contribution in [-0.2, 0) is 18.9 Å². The van der Waals surface area contributed by atoms with Crippen LogP contribution in [0.3, 0.4) is 0 Å². The van der Waals surface area contributed by atoms with Gasteiger partial charge in [0.2, 0.25) is 0 Å². The highest BCUT2D eigenvalue weighted by Gasteiger charge is 2.30. The number of hydrogen-bond acceptors (Lipinski definition) is 6. The quantitative estimate of drug-likeness (QED) is 0.264. The van der Waals surface area contributed by atoms with E-state index in [0.717, 1.165) is 24.9 Å². The van der Waals surface area contributed by atoms with Crippen LogP contribution >= 0.6 is 12.0 Å². The molecule has 5 nitrogen and oxygen atoms in total. The van der Waals surface area contributed by atoms with E-state index in [1.807, 2.05) is 0 Å². The van der Waals surface area contributed by atoms with E-state index in [0.29, 0.717) is 11.8 Å². The van der Waals surface area contributed by atoms with Gasteiger partial charge in [-0.1, -0.05) is 23.6 Å². The van der Waals surface area contributed by atoms with Crippen molar-refractivity contribution >= 4 is 18.0 Å². The van der Waals surface area contributed by atoms with Gasteiger partial charge in [-0.25, -0.2) is 5.26 Å². The highest BCUT2D eigenvalue weighted by Crippen LogP contribution is 2.37. The van der Waals surface area contributed by atoms with Crippen LogP contribution in [0.2, 0.25) is 0 Å². The van der Waals surface area contributed by atoms with Gasteiger partial charge in [0, 0.05) is 17.3 Å². The second-order valence-electron chi connectivity index (χ2n) is 4.64. The minimum atomic E-state index is -0.284. The first-order valence-corrected chi connectivity index (χ1v) is 6.76. The molecule has 0 bridgehead atoms. The summed E-state index contributed by atoms with van der Waals surface area (Å²) in [4.78, 5) is 11.4. The molecule has 0 spiro atoms. The molecule has 1 aliphatic rings. The molecule has 104 valence electrons. The predicted molar refractivity (Wildman–Crippen MR) is 68.5 cm³/mol. The number of allylic oxidation sites excluding steroid dienone is 2. The summed E-state index contributed by atoms with van der Waals surface area (Å²) in [6.45, 7) is 4.29. The monoisotopic (exact) mass is 276 g/mol. The first-order valence-electron chi connectivity index (χ1n) is 5.95. The van der Waals surface area contributed by atoms with Gasteiger partial charge in [-0.05, 0) is 31.6 Å². The highest BCUT2D eigenvalue weighted by molar-refractivity contribution is 7.95. The van der Waals surface area contributed by atoms with Crippen molar-refractivity contribution in [3.05, 3.63) is 11.6 Å². The molecule has 0 saturated carbocycles. The zero-order chi connectivity index (χ0) is 13.5. The Kier molecular flexibility index (Phi) is 6.70. The number of carbonyl (C=O) groups excluding carboxylic acids is 1. The second kappa shape index (κ2) is 7.78. The van der Waals surface area contributed by atoms with E-state index in [2.05, 4.69) is 34.0 Å². The molecule has 0 amide bonds. The molecule has 18 heavy (non-hydrogen) atoms. The SMILES string of the molecule is COC(=O)CC(SOOO)C1CC=C(C)C(C)C1. The molecule has 0 aromatic carbocycles. The van der Waals surface area contributed by atoms with Gasteiger partial charge in [0.1, 0.15) is 0 Å². The van der Waals surface area contributed by atoms with Crippen LogP contribution in [0.25, 0.3) is 0 Å². The summed E-state index contributed by atoms with van der Waals surface area (Å²) < 4.78 is 9.17. The van der Waals surface area contributed by atoms with Crippen LogP contribution in [0.15, 0.2) is 11.6 Å². The fourth-order valence-electron chi connectivity index (χ4n) is 2.17. The largest absolute Gasteiger partial charge is 0.469 e. The van der Waals surface area contributed by atoms with Crippen molar-refractivity contribution in [3.8, 4) is 0 Å². The Morgan fingerprint density at radius 3 is 2.94 bits per heavy atom. The van der Waals surface area contributed by atoms with E-state index in [4.69, 9.17) is 5.26 Å². The number of ether oxygens (including phenoxy) is 1. The van der Waals surface area contributed by atoms with Gasteiger partial charge >= 0.3 is 5.97 Å². The second-order valence-corrected chi connectivity index (χ2v) is 5.57. The molecule has 0 saturated heterocycles. The summed E-state index contributed by atoms with van der Waals surface area (Å²) in [5, 5.41) is 11.8. The average Bonchev–Trinajstić information content (AvgIpc) is 2.37. The van der Waals surface area contributed by atoms with Crippen LogP contribution in [0, 0.1) is 11.8 Å². The molecule has 0 radical (unpaired) electrons. The summed E-state index contributed by atoms with van der Waals surface area (Å²) in [7, 11) is 1.36. The lowest BCUT2D eigenvalue weighted by Gasteiger charge is -2.30. The third kappa shape index (κ3) is 4.61. The van der Waals surface area contributed by atoms with Crippen LogP contribution in [0.1, 0.15) is 33.1 Å². The normalized spacial score (nSPS) is 25.4. The molecule has 3 atom stereocenters. The Labute approximate surface area is 112 Å². The third-order valence-corrected chi connectivity index (χ3v) is 4.43. The lowest BCUT2D eigenvalue weighted by Crippen LogP contribution is -2.26. The number of methoxy groups -OCH3 is 1. The lowest BCUT2D eigenvalue weighted by molar-refractivity contribution is -0.432. The van der Waals surface area contributed by atoms with E-state index in [1.54, 1.807) is 0 Å². The molecule has 6 heteroatoms. The molecule has 0 aromatic rings.